The maximum absolute atomic E-state index is 12.2. The molecule has 0 spiro atoms. The van der Waals surface area contributed by atoms with Crippen molar-refractivity contribution in [3.8, 4) is 5.75 Å². The molecule has 0 fully saturated rings. The lowest BCUT2D eigenvalue weighted by molar-refractivity contribution is -0.385. The SMILES string of the molecule is Cc1ccc(C(=O)N/N=C\c2ccc(OCC(=O)NCc3ccccc3)cc2)cc1[N+](=O)[O-]. The maximum atomic E-state index is 12.2. The van der Waals surface area contributed by atoms with Gasteiger partial charge in [0.25, 0.3) is 17.5 Å². The highest BCUT2D eigenvalue weighted by Gasteiger charge is 2.14. The maximum Gasteiger partial charge on any atom is 0.273 e. The van der Waals surface area contributed by atoms with Crippen molar-refractivity contribution in [1.82, 2.24) is 10.7 Å². The Morgan fingerprint density at radius 3 is 2.48 bits per heavy atom. The quantitative estimate of drug-likeness (QED) is 0.296. The molecule has 0 heterocycles. The predicted octanol–water partition coefficient (Wildman–Crippen LogP) is 3.36. The van der Waals surface area contributed by atoms with Gasteiger partial charge in [-0.2, -0.15) is 5.10 Å². The molecular weight excluding hydrogens is 424 g/mol. The third kappa shape index (κ3) is 7.00. The zero-order valence-electron chi connectivity index (χ0n) is 17.9. The van der Waals surface area contributed by atoms with Crippen molar-refractivity contribution in [2.24, 2.45) is 5.10 Å². The van der Waals surface area contributed by atoms with Crippen LogP contribution in [0.1, 0.15) is 27.0 Å². The van der Waals surface area contributed by atoms with Crippen molar-refractivity contribution < 1.29 is 19.2 Å². The molecule has 168 valence electrons. The van der Waals surface area contributed by atoms with Crippen LogP contribution in [-0.2, 0) is 11.3 Å². The van der Waals surface area contributed by atoms with Crippen molar-refractivity contribution in [2.75, 3.05) is 6.61 Å². The molecule has 33 heavy (non-hydrogen) atoms. The Balaban J connectivity index is 1.46. The van der Waals surface area contributed by atoms with Crippen molar-refractivity contribution in [3.05, 3.63) is 105 Å². The van der Waals surface area contributed by atoms with Crippen LogP contribution in [0.5, 0.6) is 5.75 Å². The monoisotopic (exact) mass is 446 g/mol. The number of nitrogens with zero attached hydrogens (tertiary/aromatic N) is 2. The summed E-state index contributed by atoms with van der Waals surface area (Å²) in [5.74, 6) is -0.280. The van der Waals surface area contributed by atoms with Crippen LogP contribution >= 0.6 is 0 Å². The largest absolute Gasteiger partial charge is 0.484 e. The van der Waals surface area contributed by atoms with Gasteiger partial charge in [-0.25, -0.2) is 5.43 Å². The Morgan fingerprint density at radius 1 is 1.06 bits per heavy atom. The van der Waals surface area contributed by atoms with Gasteiger partial charge in [0.15, 0.2) is 6.61 Å². The van der Waals surface area contributed by atoms with Crippen LogP contribution in [0.4, 0.5) is 5.69 Å². The van der Waals surface area contributed by atoms with Gasteiger partial charge in [-0.1, -0.05) is 36.4 Å². The van der Waals surface area contributed by atoms with Crippen molar-refractivity contribution in [3.63, 3.8) is 0 Å². The molecule has 0 unspecified atom stereocenters. The molecule has 0 aliphatic heterocycles. The number of nitro benzene ring substituents is 1. The minimum absolute atomic E-state index is 0.112. The molecule has 0 atom stereocenters. The zero-order valence-corrected chi connectivity index (χ0v) is 17.9. The number of benzene rings is 3. The lowest BCUT2D eigenvalue weighted by Gasteiger charge is -2.08. The fourth-order valence-electron chi connectivity index (χ4n) is 2.82. The van der Waals surface area contributed by atoms with E-state index in [4.69, 9.17) is 4.74 Å². The van der Waals surface area contributed by atoms with Gasteiger partial charge < -0.3 is 10.1 Å². The number of carbonyl (C=O) groups excluding carboxylic acids is 2. The Hall–Kier alpha value is -4.53. The highest BCUT2D eigenvalue weighted by atomic mass is 16.6. The molecule has 0 aromatic heterocycles. The number of hydrogen-bond acceptors (Lipinski definition) is 6. The molecular formula is C24H22N4O5. The second-order valence-corrected chi connectivity index (χ2v) is 7.08. The van der Waals surface area contributed by atoms with Gasteiger partial charge in [0.2, 0.25) is 0 Å². The predicted molar refractivity (Wildman–Crippen MR) is 123 cm³/mol. The third-order valence-corrected chi connectivity index (χ3v) is 4.63. The standard InChI is InChI=1S/C24H22N4O5/c1-17-7-10-20(13-22(17)28(31)32)24(30)27-26-15-19-8-11-21(12-9-19)33-16-23(29)25-14-18-5-3-2-4-6-18/h2-13,15H,14,16H2,1H3,(H,25,29)(H,27,30)/b26-15-. The van der Waals surface area contributed by atoms with Gasteiger partial charge in [0, 0.05) is 23.7 Å². The van der Waals surface area contributed by atoms with Crippen LogP contribution < -0.4 is 15.5 Å². The summed E-state index contributed by atoms with van der Waals surface area (Å²) in [5.41, 5.74) is 4.50. The first-order chi connectivity index (χ1) is 15.9. The van der Waals surface area contributed by atoms with Gasteiger partial charge in [0.05, 0.1) is 11.1 Å². The van der Waals surface area contributed by atoms with Crippen molar-refractivity contribution >= 4 is 23.7 Å². The average Bonchev–Trinajstić information content (AvgIpc) is 2.83. The summed E-state index contributed by atoms with van der Waals surface area (Å²) in [6.07, 6.45) is 1.43. The van der Waals surface area contributed by atoms with Gasteiger partial charge in [-0.05, 0) is 48.4 Å². The first-order valence-electron chi connectivity index (χ1n) is 10.0. The van der Waals surface area contributed by atoms with Crippen LogP contribution in [-0.4, -0.2) is 29.6 Å². The van der Waals surface area contributed by atoms with Crippen LogP contribution in [0.25, 0.3) is 0 Å². The Bertz CT molecular complexity index is 1160. The average molecular weight is 446 g/mol. The summed E-state index contributed by atoms with van der Waals surface area (Å²) in [5, 5.41) is 17.7. The summed E-state index contributed by atoms with van der Waals surface area (Å²) < 4.78 is 5.47. The Labute approximate surface area is 190 Å². The number of nitrogens with one attached hydrogen (secondary N) is 2. The fraction of sp³-hybridized carbons (Fsp3) is 0.125. The van der Waals surface area contributed by atoms with E-state index in [0.29, 0.717) is 23.4 Å². The second kappa shape index (κ2) is 11.2. The Morgan fingerprint density at radius 2 is 1.79 bits per heavy atom. The van der Waals surface area contributed by atoms with E-state index in [-0.39, 0.29) is 23.8 Å². The molecule has 3 rings (SSSR count). The molecule has 2 amide bonds. The van der Waals surface area contributed by atoms with Crippen LogP contribution in [0.15, 0.2) is 77.9 Å². The minimum Gasteiger partial charge on any atom is -0.484 e. The third-order valence-electron chi connectivity index (χ3n) is 4.63. The molecule has 2 N–H and O–H groups in total. The second-order valence-electron chi connectivity index (χ2n) is 7.08. The first kappa shape index (κ1) is 23.1. The molecule has 0 saturated carbocycles. The van der Waals surface area contributed by atoms with E-state index >= 15 is 0 Å². The molecule has 0 aliphatic rings. The number of hydrogen-bond donors (Lipinski definition) is 2. The summed E-state index contributed by atoms with van der Waals surface area (Å²) >= 11 is 0. The van der Waals surface area contributed by atoms with E-state index in [0.717, 1.165) is 5.56 Å². The summed E-state index contributed by atoms with van der Waals surface area (Å²) in [6.45, 7) is 1.92. The highest BCUT2D eigenvalue weighted by Crippen LogP contribution is 2.19. The number of rotatable bonds is 9. The normalized spacial score (nSPS) is 10.6. The topological polar surface area (TPSA) is 123 Å². The van der Waals surface area contributed by atoms with Gasteiger partial charge in [-0.3, -0.25) is 19.7 Å². The summed E-state index contributed by atoms with van der Waals surface area (Å²) in [6, 6.07) is 20.6. The van der Waals surface area contributed by atoms with E-state index in [1.54, 1.807) is 31.2 Å². The Kier molecular flexibility index (Phi) is 7.85. The molecule has 3 aromatic rings. The minimum atomic E-state index is -0.559. The van der Waals surface area contributed by atoms with Crippen molar-refractivity contribution in [1.29, 1.82) is 0 Å². The van der Waals surface area contributed by atoms with Crippen LogP contribution in [0.3, 0.4) is 0 Å². The molecule has 0 aliphatic carbocycles. The number of amides is 2. The van der Waals surface area contributed by atoms with Crippen molar-refractivity contribution in [2.45, 2.75) is 13.5 Å². The number of nitro groups is 1. The van der Waals surface area contributed by atoms with E-state index in [2.05, 4.69) is 15.8 Å². The number of ether oxygens (including phenoxy) is 1. The summed E-state index contributed by atoms with van der Waals surface area (Å²) in [7, 11) is 0. The lowest BCUT2D eigenvalue weighted by Crippen LogP contribution is -2.28. The molecule has 3 aromatic carbocycles. The fourth-order valence-corrected chi connectivity index (χ4v) is 2.82. The number of aryl methyl sites for hydroxylation is 1. The van der Waals surface area contributed by atoms with E-state index in [1.165, 1.54) is 24.4 Å². The summed E-state index contributed by atoms with van der Waals surface area (Å²) in [4.78, 5) is 34.6. The molecule has 9 nitrogen and oxygen atoms in total. The van der Waals surface area contributed by atoms with Gasteiger partial charge in [0.1, 0.15) is 5.75 Å². The van der Waals surface area contributed by atoms with E-state index < -0.39 is 10.8 Å². The lowest BCUT2D eigenvalue weighted by atomic mass is 10.1. The molecule has 0 bridgehead atoms. The van der Waals surface area contributed by atoms with Gasteiger partial charge in [-0.15, -0.1) is 0 Å². The first-order valence-corrected chi connectivity index (χ1v) is 10.0. The number of carbonyl (C=O) groups is 2. The zero-order chi connectivity index (χ0) is 23.6. The molecule has 0 radical (unpaired) electrons. The van der Waals surface area contributed by atoms with E-state index in [1.807, 2.05) is 30.3 Å². The van der Waals surface area contributed by atoms with Crippen LogP contribution in [0, 0.1) is 17.0 Å². The molecule has 9 heteroatoms. The van der Waals surface area contributed by atoms with Crippen LogP contribution in [0.2, 0.25) is 0 Å². The number of hydrazone groups is 1. The van der Waals surface area contributed by atoms with E-state index in [9.17, 15) is 19.7 Å². The highest BCUT2D eigenvalue weighted by molar-refractivity contribution is 5.95. The molecule has 0 saturated heterocycles. The van der Waals surface area contributed by atoms with Gasteiger partial charge >= 0.3 is 0 Å². The smallest absolute Gasteiger partial charge is 0.273 e.